The number of hydrogen-bond acceptors (Lipinski definition) is 5. The van der Waals surface area contributed by atoms with E-state index in [0.29, 0.717) is 18.7 Å². The summed E-state index contributed by atoms with van der Waals surface area (Å²) in [6, 6.07) is 5.89. The van der Waals surface area contributed by atoms with Crippen molar-refractivity contribution in [2.45, 2.75) is 78.6 Å². The molecule has 0 aliphatic rings. The number of ether oxygens (including phenoxy) is 1. The number of likely N-dealkylation sites (N-methyl/N-ethyl adjacent to an activating group) is 1. The summed E-state index contributed by atoms with van der Waals surface area (Å²) in [5.41, 5.74) is 1.01. The molecule has 0 aromatic heterocycles. The lowest BCUT2D eigenvalue weighted by atomic mass is 9.97. The second-order valence-corrected chi connectivity index (χ2v) is 10.0. The Morgan fingerprint density at radius 2 is 1.75 bits per heavy atom. The molecule has 2 unspecified atom stereocenters. The van der Waals surface area contributed by atoms with Gasteiger partial charge in [0.05, 0.1) is 0 Å². The smallest absolute Gasteiger partial charge is 0.408 e. The van der Waals surface area contributed by atoms with E-state index in [4.69, 9.17) is 4.74 Å². The van der Waals surface area contributed by atoms with Gasteiger partial charge in [0.1, 0.15) is 17.7 Å². The van der Waals surface area contributed by atoms with Gasteiger partial charge in [0.2, 0.25) is 11.8 Å². The van der Waals surface area contributed by atoms with E-state index in [9.17, 15) is 14.4 Å². The molecule has 0 aliphatic heterocycles. The molecule has 7 nitrogen and oxygen atoms in total. The summed E-state index contributed by atoms with van der Waals surface area (Å²) in [6.07, 6.45) is 1.73. The molecular weight excluding hydrogens is 426 g/mol. The van der Waals surface area contributed by atoms with Gasteiger partial charge in [-0.25, -0.2) is 4.79 Å². The second kappa shape index (κ2) is 12.7. The molecule has 1 aromatic rings. The van der Waals surface area contributed by atoms with Crippen LogP contribution in [0.2, 0.25) is 0 Å². The van der Waals surface area contributed by atoms with Crippen LogP contribution in [-0.2, 0) is 14.3 Å². The molecule has 0 bridgehead atoms. The number of nitrogens with zero attached hydrogens (tertiary/aromatic N) is 1. The van der Waals surface area contributed by atoms with Gasteiger partial charge in [-0.05, 0) is 78.0 Å². The number of thioether (sulfide) groups is 1. The molecule has 180 valence electrons. The zero-order chi connectivity index (χ0) is 24.5. The van der Waals surface area contributed by atoms with Gasteiger partial charge in [0, 0.05) is 12.6 Å². The van der Waals surface area contributed by atoms with Gasteiger partial charge in [-0.2, -0.15) is 11.8 Å². The lowest BCUT2D eigenvalue weighted by Crippen LogP contribution is -2.53. The van der Waals surface area contributed by atoms with Crippen molar-refractivity contribution in [1.82, 2.24) is 15.5 Å². The first-order valence-electron chi connectivity index (χ1n) is 11.1. The van der Waals surface area contributed by atoms with Crippen molar-refractivity contribution in [3.05, 3.63) is 35.4 Å². The van der Waals surface area contributed by atoms with Crippen LogP contribution in [0.3, 0.4) is 0 Å². The minimum Gasteiger partial charge on any atom is -0.444 e. The first kappa shape index (κ1) is 27.8. The highest BCUT2D eigenvalue weighted by atomic mass is 32.2. The van der Waals surface area contributed by atoms with E-state index in [1.807, 2.05) is 58.2 Å². The van der Waals surface area contributed by atoms with E-state index >= 15 is 0 Å². The fourth-order valence-electron chi connectivity index (χ4n) is 3.32. The third-order valence-electron chi connectivity index (χ3n) is 4.70. The molecule has 32 heavy (non-hydrogen) atoms. The number of benzene rings is 1. The number of carbonyl (C=O) groups is 3. The Morgan fingerprint density at radius 3 is 2.25 bits per heavy atom. The van der Waals surface area contributed by atoms with Gasteiger partial charge in [-0.3, -0.25) is 9.59 Å². The highest BCUT2D eigenvalue weighted by Gasteiger charge is 2.36. The number of aryl methyl sites for hydroxylation is 1. The number of carbonyl (C=O) groups excluding carboxylic acids is 3. The first-order chi connectivity index (χ1) is 14.9. The van der Waals surface area contributed by atoms with E-state index in [2.05, 4.69) is 10.6 Å². The molecule has 1 aromatic carbocycles. The molecule has 3 amide bonds. The van der Waals surface area contributed by atoms with Crippen LogP contribution in [0.15, 0.2) is 24.3 Å². The van der Waals surface area contributed by atoms with Crippen molar-refractivity contribution < 1.29 is 19.1 Å². The number of amides is 3. The maximum atomic E-state index is 13.7. The highest BCUT2D eigenvalue weighted by Crippen LogP contribution is 2.26. The van der Waals surface area contributed by atoms with Crippen LogP contribution in [0.4, 0.5) is 4.79 Å². The van der Waals surface area contributed by atoms with Gasteiger partial charge in [-0.1, -0.05) is 24.3 Å². The van der Waals surface area contributed by atoms with Crippen molar-refractivity contribution in [2.24, 2.45) is 0 Å². The van der Waals surface area contributed by atoms with Crippen LogP contribution < -0.4 is 10.6 Å². The molecule has 0 aliphatic carbocycles. The standard InChI is InChI=1S/C24H39N3O4S/c1-9-27(20(21(28)25-16(2)3)18-13-11-10-12-17(18)4)22(29)19(14-15-32-8)26-23(30)31-24(5,6)7/h10-13,16,19-20H,9,14-15H2,1-8H3,(H,25,28)(H,26,30). The monoisotopic (exact) mass is 465 g/mol. The van der Waals surface area contributed by atoms with Crippen molar-refractivity contribution in [1.29, 1.82) is 0 Å². The summed E-state index contributed by atoms with van der Waals surface area (Å²) in [5.74, 6) is 0.127. The van der Waals surface area contributed by atoms with Crippen molar-refractivity contribution in [3.8, 4) is 0 Å². The number of alkyl carbamates (subject to hydrolysis) is 1. The van der Waals surface area contributed by atoms with E-state index in [-0.39, 0.29) is 17.9 Å². The summed E-state index contributed by atoms with van der Waals surface area (Å²) in [7, 11) is 0. The SMILES string of the molecule is CCN(C(=O)C(CCSC)NC(=O)OC(C)(C)C)C(C(=O)NC(C)C)c1ccccc1C. The summed E-state index contributed by atoms with van der Waals surface area (Å²) in [5, 5.41) is 5.67. The van der Waals surface area contributed by atoms with Gasteiger partial charge in [0.25, 0.3) is 0 Å². The molecule has 2 atom stereocenters. The van der Waals surface area contributed by atoms with Crippen LogP contribution >= 0.6 is 11.8 Å². The molecule has 0 fully saturated rings. The van der Waals surface area contributed by atoms with Gasteiger partial charge in [0.15, 0.2) is 0 Å². The maximum absolute atomic E-state index is 13.7. The Kier molecular flexibility index (Phi) is 11.1. The minimum atomic E-state index is -0.798. The van der Waals surface area contributed by atoms with Crippen LogP contribution in [-0.4, -0.2) is 59.0 Å². The zero-order valence-electron chi connectivity index (χ0n) is 20.7. The largest absolute Gasteiger partial charge is 0.444 e. The minimum absolute atomic E-state index is 0.0741. The molecule has 1 rings (SSSR count). The maximum Gasteiger partial charge on any atom is 0.408 e. The van der Waals surface area contributed by atoms with E-state index in [0.717, 1.165) is 11.1 Å². The van der Waals surface area contributed by atoms with Gasteiger partial charge < -0.3 is 20.3 Å². The first-order valence-corrected chi connectivity index (χ1v) is 12.5. The molecule has 0 saturated carbocycles. The number of hydrogen-bond donors (Lipinski definition) is 2. The van der Waals surface area contributed by atoms with Gasteiger partial charge >= 0.3 is 6.09 Å². The van der Waals surface area contributed by atoms with Crippen LogP contribution in [0.25, 0.3) is 0 Å². The molecule has 0 saturated heterocycles. The average Bonchev–Trinajstić information content (AvgIpc) is 2.67. The van der Waals surface area contributed by atoms with Gasteiger partial charge in [-0.15, -0.1) is 0 Å². The number of rotatable bonds is 10. The average molecular weight is 466 g/mol. The normalized spacial score (nSPS) is 13.3. The van der Waals surface area contributed by atoms with Crippen molar-refractivity contribution in [2.75, 3.05) is 18.6 Å². The highest BCUT2D eigenvalue weighted by molar-refractivity contribution is 7.98. The molecule has 0 heterocycles. The van der Waals surface area contributed by atoms with Crippen molar-refractivity contribution >= 4 is 29.7 Å². The quantitative estimate of drug-likeness (QED) is 0.544. The lowest BCUT2D eigenvalue weighted by Gasteiger charge is -2.34. The summed E-state index contributed by atoms with van der Waals surface area (Å²) >= 11 is 1.59. The Bertz CT molecular complexity index is 777. The van der Waals surface area contributed by atoms with Crippen molar-refractivity contribution in [3.63, 3.8) is 0 Å². The molecule has 8 heteroatoms. The fourth-order valence-corrected chi connectivity index (χ4v) is 3.79. The fraction of sp³-hybridized carbons (Fsp3) is 0.625. The van der Waals surface area contributed by atoms with E-state index in [1.54, 1.807) is 37.4 Å². The summed E-state index contributed by atoms with van der Waals surface area (Å²) in [6.45, 7) is 13.2. The van der Waals surface area contributed by atoms with Crippen LogP contribution in [0, 0.1) is 6.92 Å². The van der Waals surface area contributed by atoms with E-state index < -0.39 is 23.8 Å². The molecule has 0 radical (unpaired) electrons. The zero-order valence-corrected chi connectivity index (χ0v) is 21.5. The van der Waals surface area contributed by atoms with Crippen LogP contribution in [0.1, 0.15) is 65.1 Å². The second-order valence-electron chi connectivity index (χ2n) is 9.03. The Morgan fingerprint density at radius 1 is 1.12 bits per heavy atom. The molecule has 2 N–H and O–H groups in total. The van der Waals surface area contributed by atoms with Crippen LogP contribution in [0.5, 0.6) is 0 Å². The topological polar surface area (TPSA) is 87.7 Å². The summed E-state index contributed by atoms with van der Waals surface area (Å²) < 4.78 is 5.37. The third-order valence-corrected chi connectivity index (χ3v) is 5.34. The predicted octanol–water partition coefficient (Wildman–Crippen LogP) is 4.06. The molecular formula is C24H39N3O4S. The Labute approximate surface area is 197 Å². The number of nitrogens with one attached hydrogen (secondary N) is 2. The molecule has 0 spiro atoms. The van der Waals surface area contributed by atoms with E-state index in [1.165, 1.54) is 0 Å². The Balaban J connectivity index is 3.32. The predicted molar refractivity (Wildman–Crippen MR) is 131 cm³/mol. The lowest BCUT2D eigenvalue weighted by molar-refractivity contribution is -0.142. The Hall–Kier alpha value is -2.22. The third kappa shape index (κ3) is 8.73. The summed E-state index contributed by atoms with van der Waals surface area (Å²) in [4.78, 5) is 40.9.